The largest absolute Gasteiger partial charge is 0.508 e. The van der Waals surface area contributed by atoms with E-state index in [-0.39, 0.29) is 35.9 Å². The highest BCUT2D eigenvalue weighted by molar-refractivity contribution is 6.14. The van der Waals surface area contributed by atoms with Crippen molar-refractivity contribution in [2.45, 2.75) is 26.7 Å². The molecular formula is C21H24FNO4. The second-order valence-electron chi connectivity index (χ2n) is 6.99. The van der Waals surface area contributed by atoms with Crippen molar-refractivity contribution in [3.8, 4) is 11.5 Å². The maximum atomic E-state index is 13.7. The van der Waals surface area contributed by atoms with E-state index < -0.39 is 11.8 Å². The number of carboxylic acid groups (broad SMARTS) is 1. The number of hydrogen-bond donors (Lipinski definition) is 3. The van der Waals surface area contributed by atoms with Gasteiger partial charge < -0.3 is 15.3 Å². The normalized spacial score (nSPS) is 13.0. The molecule has 144 valence electrons. The SMILES string of the molecule is CC(C)C[C@H](CN=C(c1ccc(O)cc1)c1cc(F)ccc1O)CC(=O)O. The van der Waals surface area contributed by atoms with E-state index in [0.717, 1.165) is 6.07 Å². The number of benzene rings is 2. The highest BCUT2D eigenvalue weighted by Gasteiger charge is 2.17. The standard InChI is InChI=1S/C21H24FNO4/c1-13(2)9-14(10-20(26)27)12-23-21(15-3-6-17(24)7-4-15)18-11-16(22)5-8-19(18)25/h3-8,11,13-14,24-25H,9-10,12H2,1-2H3,(H,26,27)/t14-/m0/s1. The first-order valence-corrected chi connectivity index (χ1v) is 8.80. The van der Waals surface area contributed by atoms with Gasteiger partial charge in [0.15, 0.2) is 0 Å². The Morgan fingerprint density at radius 1 is 1.11 bits per heavy atom. The molecule has 0 aliphatic heterocycles. The highest BCUT2D eigenvalue weighted by Crippen LogP contribution is 2.25. The van der Waals surface area contributed by atoms with Gasteiger partial charge in [-0.2, -0.15) is 0 Å². The summed E-state index contributed by atoms with van der Waals surface area (Å²) in [5, 5.41) is 28.8. The van der Waals surface area contributed by atoms with Crippen molar-refractivity contribution in [1.29, 1.82) is 0 Å². The number of carbonyl (C=O) groups is 1. The Morgan fingerprint density at radius 2 is 1.78 bits per heavy atom. The van der Waals surface area contributed by atoms with E-state index in [4.69, 9.17) is 5.11 Å². The molecule has 2 rings (SSSR count). The van der Waals surface area contributed by atoms with Crippen LogP contribution in [-0.2, 0) is 4.79 Å². The van der Waals surface area contributed by atoms with Crippen molar-refractivity contribution >= 4 is 11.7 Å². The van der Waals surface area contributed by atoms with E-state index >= 15 is 0 Å². The Morgan fingerprint density at radius 3 is 2.37 bits per heavy atom. The van der Waals surface area contributed by atoms with E-state index in [1.807, 2.05) is 13.8 Å². The zero-order chi connectivity index (χ0) is 20.0. The van der Waals surface area contributed by atoms with Crippen molar-refractivity contribution < 1.29 is 24.5 Å². The van der Waals surface area contributed by atoms with Crippen molar-refractivity contribution in [1.82, 2.24) is 0 Å². The van der Waals surface area contributed by atoms with E-state index in [0.29, 0.717) is 23.6 Å². The van der Waals surface area contributed by atoms with Gasteiger partial charge in [0.05, 0.1) is 5.71 Å². The Bertz CT molecular complexity index is 815. The number of hydrogen-bond acceptors (Lipinski definition) is 4. The third-order valence-electron chi connectivity index (χ3n) is 4.13. The second kappa shape index (κ2) is 9.16. The fourth-order valence-corrected chi connectivity index (χ4v) is 3.01. The van der Waals surface area contributed by atoms with Crippen molar-refractivity contribution in [3.63, 3.8) is 0 Å². The topological polar surface area (TPSA) is 90.1 Å². The number of nitrogens with zero attached hydrogens (tertiary/aromatic N) is 1. The molecule has 0 aromatic heterocycles. The molecule has 5 nitrogen and oxygen atoms in total. The van der Waals surface area contributed by atoms with Gasteiger partial charge in [-0.15, -0.1) is 0 Å². The number of phenolic OH excluding ortho intramolecular Hbond substituents is 2. The van der Waals surface area contributed by atoms with E-state index in [9.17, 15) is 19.4 Å². The van der Waals surface area contributed by atoms with Gasteiger partial charge in [0, 0.05) is 24.1 Å². The molecule has 6 heteroatoms. The summed E-state index contributed by atoms with van der Waals surface area (Å²) in [6.07, 6.45) is 0.674. The van der Waals surface area contributed by atoms with Gasteiger partial charge in [0.2, 0.25) is 0 Å². The van der Waals surface area contributed by atoms with Gasteiger partial charge in [-0.1, -0.05) is 13.8 Å². The molecule has 3 N–H and O–H groups in total. The summed E-state index contributed by atoms with van der Waals surface area (Å²) in [6, 6.07) is 9.78. The number of phenols is 2. The number of aromatic hydroxyl groups is 2. The van der Waals surface area contributed by atoms with Crippen LogP contribution < -0.4 is 0 Å². The third kappa shape index (κ3) is 6.09. The molecule has 0 saturated heterocycles. The maximum Gasteiger partial charge on any atom is 0.303 e. The minimum absolute atomic E-state index is 0.0142. The Kier molecular flexibility index (Phi) is 6.93. The Balaban J connectivity index is 2.44. The number of carboxylic acids is 1. The summed E-state index contributed by atoms with van der Waals surface area (Å²) in [7, 11) is 0. The number of aliphatic imine (C=N–C) groups is 1. The second-order valence-corrected chi connectivity index (χ2v) is 6.99. The van der Waals surface area contributed by atoms with Crippen LogP contribution in [0.1, 0.15) is 37.8 Å². The molecule has 0 aliphatic carbocycles. The Hall–Kier alpha value is -2.89. The fourth-order valence-electron chi connectivity index (χ4n) is 3.01. The first-order valence-electron chi connectivity index (χ1n) is 8.80. The van der Waals surface area contributed by atoms with Crippen molar-refractivity contribution in [2.75, 3.05) is 6.54 Å². The molecule has 2 aromatic carbocycles. The lowest BCUT2D eigenvalue weighted by molar-refractivity contribution is -0.138. The lowest BCUT2D eigenvalue weighted by Gasteiger charge is -2.16. The van der Waals surface area contributed by atoms with Crippen LogP contribution in [-0.4, -0.2) is 33.5 Å². The minimum atomic E-state index is -0.893. The fraction of sp³-hybridized carbons (Fsp3) is 0.333. The molecule has 0 radical (unpaired) electrons. The first kappa shape index (κ1) is 20.4. The summed E-state index contributed by atoms with van der Waals surface area (Å²) in [4.78, 5) is 15.7. The van der Waals surface area contributed by atoms with Crippen LogP contribution in [0.4, 0.5) is 4.39 Å². The van der Waals surface area contributed by atoms with Crippen LogP contribution in [0.5, 0.6) is 11.5 Å². The molecule has 0 saturated carbocycles. The molecule has 27 heavy (non-hydrogen) atoms. The van der Waals surface area contributed by atoms with E-state index in [2.05, 4.69) is 4.99 Å². The summed E-state index contributed by atoms with van der Waals surface area (Å²) in [5.74, 6) is -1.32. The van der Waals surface area contributed by atoms with Crippen LogP contribution in [0.25, 0.3) is 0 Å². The zero-order valence-electron chi connectivity index (χ0n) is 15.4. The molecule has 0 bridgehead atoms. The van der Waals surface area contributed by atoms with Crippen LogP contribution in [0.3, 0.4) is 0 Å². The van der Waals surface area contributed by atoms with Gasteiger partial charge in [-0.25, -0.2) is 4.39 Å². The smallest absolute Gasteiger partial charge is 0.303 e. The number of halogens is 1. The summed E-state index contributed by atoms with van der Waals surface area (Å²) in [6.45, 7) is 4.26. The van der Waals surface area contributed by atoms with Gasteiger partial charge >= 0.3 is 5.97 Å². The number of aliphatic carboxylic acids is 1. The monoisotopic (exact) mass is 373 g/mol. The highest BCUT2D eigenvalue weighted by atomic mass is 19.1. The predicted octanol–water partition coefficient (Wildman–Crippen LogP) is 4.21. The van der Waals surface area contributed by atoms with Crippen molar-refractivity contribution in [2.24, 2.45) is 16.8 Å². The van der Waals surface area contributed by atoms with Gasteiger partial charge in [-0.05, 0) is 60.7 Å². The van der Waals surface area contributed by atoms with Crippen LogP contribution in [0.15, 0.2) is 47.5 Å². The van der Waals surface area contributed by atoms with Crippen LogP contribution in [0, 0.1) is 17.7 Å². The quantitative estimate of drug-likeness (QED) is 0.605. The molecule has 2 aromatic rings. The molecule has 0 heterocycles. The predicted molar refractivity (Wildman–Crippen MR) is 102 cm³/mol. The molecule has 0 fully saturated rings. The van der Waals surface area contributed by atoms with Gasteiger partial charge in [0.25, 0.3) is 0 Å². The summed E-state index contributed by atoms with van der Waals surface area (Å²) < 4.78 is 13.7. The molecule has 0 unspecified atom stereocenters. The van der Waals surface area contributed by atoms with Crippen molar-refractivity contribution in [3.05, 3.63) is 59.4 Å². The van der Waals surface area contributed by atoms with E-state index in [1.54, 1.807) is 12.1 Å². The summed E-state index contributed by atoms with van der Waals surface area (Å²) >= 11 is 0. The molecule has 1 atom stereocenters. The maximum absolute atomic E-state index is 13.7. The molecular weight excluding hydrogens is 349 g/mol. The lowest BCUT2D eigenvalue weighted by atomic mass is 9.94. The average Bonchev–Trinajstić information content (AvgIpc) is 2.58. The summed E-state index contributed by atoms with van der Waals surface area (Å²) in [5.41, 5.74) is 1.16. The first-order chi connectivity index (χ1) is 12.8. The molecule has 0 aliphatic rings. The van der Waals surface area contributed by atoms with Crippen LogP contribution >= 0.6 is 0 Å². The van der Waals surface area contributed by atoms with Gasteiger partial charge in [-0.3, -0.25) is 9.79 Å². The van der Waals surface area contributed by atoms with E-state index in [1.165, 1.54) is 24.3 Å². The average molecular weight is 373 g/mol. The Labute approximate surface area is 157 Å². The zero-order valence-corrected chi connectivity index (χ0v) is 15.4. The molecule has 0 spiro atoms. The third-order valence-corrected chi connectivity index (χ3v) is 4.13. The lowest BCUT2D eigenvalue weighted by Crippen LogP contribution is -2.15. The van der Waals surface area contributed by atoms with Gasteiger partial charge in [0.1, 0.15) is 17.3 Å². The number of rotatable bonds is 8. The van der Waals surface area contributed by atoms with Crippen LogP contribution in [0.2, 0.25) is 0 Å². The molecule has 0 amide bonds. The minimum Gasteiger partial charge on any atom is -0.508 e.